The molecule has 0 aromatic heterocycles. The van der Waals surface area contributed by atoms with Gasteiger partial charge in [-0.2, -0.15) is 0 Å². The number of allylic oxidation sites excluding steroid dienone is 1. The molecule has 0 aromatic rings. The molecule has 0 heterocycles. The van der Waals surface area contributed by atoms with E-state index in [0.717, 1.165) is 29.4 Å². The van der Waals surface area contributed by atoms with Gasteiger partial charge in [0.15, 0.2) is 0 Å². The molecule has 0 aliphatic carbocycles. The van der Waals surface area contributed by atoms with Crippen LogP contribution in [0.15, 0.2) is 11.6 Å². The summed E-state index contributed by atoms with van der Waals surface area (Å²) in [7, 11) is 6.23. The number of carbonyl (C=O) groups is 1. The highest BCUT2D eigenvalue weighted by Crippen LogP contribution is 2.03. The van der Waals surface area contributed by atoms with Gasteiger partial charge in [-0.05, 0) is 13.3 Å². The van der Waals surface area contributed by atoms with E-state index in [1.54, 1.807) is 6.08 Å². The molecule has 0 saturated heterocycles. The number of ether oxygens (including phenoxy) is 1. The third-order valence-corrected chi connectivity index (χ3v) is 2.02. The van der Waals surface area contributed by atoms with Gasteiger partial charge in [-0.3, -0.25) is 0 Å². The van der Waals surface area contributed by atoms with E-state index >= 15 is 0 Å². The SMILES string of the molecule is CCC/C(C)=C/C(=O)OCC[N+](C)(C)C. The lowest BCUT2D eigenvalue weighted by Gasteiger charge is -2.23. The highest BCUT2D eigenvalue weighted by Gasteiger charge is 2.07. The van der Waals surface area contributed by atoms with Crippen LogP contribution in [0.2, 0.25) is 0 Å². The van der Waals surface area contributed by atoms with Gasteiger partial charge in [0.2, 0.25) is 0 Å². The molecule has 0 atom stereocenters. The van der Waals surface area contributed by atoms with Gasteiger partial charge >= 0.3 is 5.97 Å². The number of quaternary nitrogens is 1. The summed E-state index contributed by atoms with van der Waals surface area (Å²) in [5.74, 6) is -0.214. The van der Waals surface area contributed by atoms with Crippen LogP contribution in [0.1, 0.15) is 26.7 Å². The first-order valence-electron chi connectivity index (χ1n) is 5.49. The van der Waals surface area contributed by atoms with Crippen molar-refractivity contribution in [3.8, 4) is 0 Å². The van der Waals surface area contributed by atoms with E-state index in [1.807, 2.05) is 6.92 Å². The summed E-state index contributed by atoms with van der Waals surface area (Å²) in [5.41, 5.74) is 1.09. The van der Waals surface area contributed by atoms with Crippen LogP contribution in [0.3, 0.4) is 0 Å². The van der Waals surface area contributed by atoms with E-state index < -0.39 is 0 Å². The molecule has 0 bridgehead atoms. The zero-order chi connectivity index (χ0) is 11.9. The van der Waals surface area contributed by atoms with Gasteiger partial charge in [-0.15, -0.1) is 0 Å². The van der Waals surface area contributed by atoms with Crippen molar-refractivity contribution in [3.63, 3.8) is 0 Å². The molecule has 0 aliphatic rings. The van der Waals surface area contributed by atoms with Gasteiger partial charge in [0, 0.05) is 6.08 Å². The lowest BCUT2D eigenvalue weighted by Crippen LogP contribution is -2.37. The Morgan fingerprint density at radius 2 is 1.93 bits per heavy atom. The maximum Gasteiger partial charge on any atom is 0.330 e. The van der Waals surface area contributed by atoms with Crippen LogP contribution in [0.5, 0.6) is 0 Å². The minimum absolute atomic E-state index is 0.214. The van der Waals surface area contributed by atoms with Crippen LogP contribution >= 0.6 is 0 Å². The quantitative estimate of drug-likeness (QED) is 0.384. The van der Waals surface area contributed by atoms with Gasteiger partial charge in [-0.1, -0.05) is 18.9 Å². The van der Waals surface area contributed by atoms with E-state index in [1.165, 1.54) is 0 Å². The second kappa shape index (κ2) is 6.62. The monoisotopic (exact) mass is 214 g/mol. The zero-order valence-corrected chi connectivity index (χ0v) is 10.7. The first kappa shape index (κ1) is 14.2. The second-order valence-corrected chi connectivity index (χ2v) is 4.92. The Morgan fingerprint density at radius 1 is 1.33 bits per heavy atom. The molecule has 0 unspecified atom stereocenters. The van der Waals surface area contributed by atoms with E-state index in [-0.39, 0.29) is 5.97 Å². The smallest absolute Gasteiger partial charge is 0.330 e. The average Bonchev–Trinajstić information content (AvgIpc) is 2.01. The van der Waals surface area contributed by atoms with Gasteiger partial charge < -0.3 is 9.22 Å². The summed E-state index contributed by atoms with van der Waals surface area (Å²) in [4.78, 5) is 11.3. The first-order valence-corrected chi connectivity index (χ1v) is 5.49. The fourth-order valence-corrected chi connectivity index (χ4v) is 1.13. The number of nitrogens with zero attached hydrogens (tertiary/aromatic N) is 1. The second-order valence-electron chi connectivity index (χ2n) is 4.92. The molecule has 0 saturated carbocycles. The van der Waals surface area contributed by atoms with Crippen molar-refractivity contribution >= 4 is 5.97 Å². The summed E-state index contributed by atoms with van der Waals surface area (Å²) in [5, 5.41) is 0. The third kappa shape index (κ3) is 9.47. The third-order valence-electron chi connectivity index (χ3n) is 2.02. The fraction of sp³-hybridized carbons (Fsp3) is 0.750. The molecular formula is C12H24NO2+. The standard InChI is InChI=1S/C12H24NO2/c1-6-7-11(2)10-12(14)15-9-8-13(3,4)5/h10H,6-9H2,1-5H3/q+1/b11-10+. The largest absolute Gasteiger partial charge is 0.457 e. The fourth-order valence-electron chi connectivity index (χ4n) is 1.13. The summed E-state index contributed by atoms with van der Waals surface area (Å²) in [6.07, 6.45) is 3.62. The van der Waals surface area contributed by atoms with Gasteiger partial charge in [0.1, 0.15) is 13.2 Å². The molecule has 0 spiro atoms. The Kier molecular flexibility index (Phi) is 6.25. The average molecular weight is 214 g/mol. The van der Waals surface area contributed by atoms with Crippen molar-refractivity contribution in [1.82, 2.24) is 0 Å². The Labute approximate surface area is 93.3 Å². The minimum atomic E-state index is -0.214. The number of carbonyl (C=O) groups excluding carboxylic acids is 1. The Morgan fingerprint density at radius 3 is 2.40 bits per heavy atom. The molecule has 0 aromatic carbocycles. The molecule has 0 aliphatic heterocycles. The van der Waals surface area contributed by atoms with Crippen molar-refractivity contribution < 1.29 is 14.0 Å². The molecule has 3 heteroatoms. The number of esters is 1. The van der Waals surface area contributed by atoms with Crippen LogP contribution in [0.4, 0.5) is 0 Å². The lowest BCUT2D eigenvalue weighted by atomic mass is 10.2. The molecule has 0 radical (unpaired) electrons. The molecular weight excluding hydrogens is 190 g/mol. The van der Waals surface area contributed by atoms with Crippen molar-refractivity contribution in [1.29, 1.82) is 0 Å². The molecule has 3 nitrogen and oxygen atoms in total. The molecule has 0 N–H and O–H groups in total. The summed E-state index contributed by atoms with van der Waals surface area (Å²) >= 11 is 0. The van der Waals surface area contributed by atoms with Gasteiger partial charge in [-0.25, -0.2) is 4.79 Å². The highest BCUT2D eigenvalue weighted by molar-refractivity contribution is 5.82. The molecule has 15 heavy (non-hydrogen) atoms. The molecule has 88 valence electrons. The molecule has 0 rings (SSSR count). The highest BCUT2D eigenvalue weighted by atomic mass is 16.5. The van der Waals surface area contributed by atoms with Crippen LogP contribution in [0.25, 0.3) is 0 Å². The van der Waals surface area contributed by atoms with Crippen molar-refractivity contribution in [2.75, 3.05) is 34.3 Å². The van der Waals surface area contributed by atoms with E-state index in [4.69, 9.17) is 4.74 Å². The molecule has 0 fully saturated rings. The predicted molar refractivity (Wildman–Crippen MR) is 62.5 cm³/mol. The van der Waals surface area contributed by atoms with E-state index in [2.05, 4.69) is 28.1 Å². The number of hydrogen-bond acceptors (Lipinski definition) is 2. The topological polar surface area (TPSA) is 26.3 Å². The van der Waals surface area contributed by atoms with Crippen LogP contribution in [-0.2, 0) is 9.53 Å². The maximum absolute atomic E-state index is 11.3. The Bertz CT molecular complexity index is 226. The van der Waals surface area contributed by atoms with Gasteiger partial charge in [0.05, 0.1) is 21.1 Å². The summed E-state index contributed by atoms with van der Waals surface area (Å²) < 4.78 is 5.91. The number of likely N-dealkylation sites (N-methyl/N-ethyl adjacent to an activating group) is 1. The summed E-state index contributed by atoms with van der Waals surface area (Å²) in [6, 6.07) is 0. The van der Waals surface area contributed by atoms with Crippen molar-refractivity contribution in [2.24, 2.45) is 0 Å². The van der Waals surface area contributed by atoms with Crippen molar-refractivity contribution in [3.05, 3.63) is 11.6 Å². The Balaban J connectivity index is 3.80. The van der Waals surface area contributed by atoms with E-state index in [9.17, 15) is 4.79 Å². The normalized spacial score (nSPS) is 12.7. The van der Waals surface area contributed by atoms with E-state index in [0.29, 0.717) is 6.61 Å². The predicted octanol–water partition coefficient (Wildman–Crippen LogP) is 1.98. The first-order chi connectivity index (χ1) is 6.85. The Hall–Kier alpha value is -0.830. The lowest BCUT2D eigenvalue weighted by molar-refractivity contribution is -0.870. The zero-order valence-electron chi connectivity index (χ0n) is 10.7. The van der Waals surface area contributed by atoms with Crippen molar-refractivity contribution in [2.45, 2.75) is 26.7 Å². The number of rotatable bonds is 6. The van der Waals surface area contributed by atoms with Crippen LogP contribution in [0, 0.1) is 0 Å². The van der Waals surface area contributed by atoms with Crippen LogP contribution in [-0.4, -0.2) is 44.7 Å². The number of hydrogen-bond donors (Lipinski definition) is 0. The minimum Gasteiger partial charge on any atom is -0.457 e. The maximum atomic E-state index is 11.3. The summed E-state index contributed by atoms with van der Waals surface area (Å²) in [6.45, 7) is 5.38. The van der Waals surface area contributed by atoms with Crippen LogP contribution < -0.4 is 0 Å². The van der Waals surface area contributed by atoms with Gasteiger partial charge in [0.25, 0.3) is 0 Å². The molecule has 0 amide bonds.